The highest BCUT2D eigenvalue weighted by Gasteiger charge is 2.32. The molecule has 0 aliphatic heterocycles. The Kier molecular flexibility index (Phi) is 4.66. The van der Waals surface area contributed by atoms with E-state index in [0.29, 0.717) is 26.1 Å². The Morgan fingerprint density at radius 2 is 1.89 bits per heavy atom. The summed E-state index contributed by atoms with van der Waals surface area (Å²) in [4.78, 5) is 25.8. The number of aryl methyl sites for hydroxylation is 1. The minimum absolute atomic E-state index is 0.155. The molecule has 0 spiro atoms. The molecule has 6 heteroatoms. The molecule has 3 aromatic rings. The van der Waals surface area contributed by atoms with E-state index < -0.39 is 12.1 Å². The third-order valence-electron chi connectivity index (χ3n) is 4.58. The smallest absolute Gasteiger partial charge is 0.349 e. The number of nitrogens with one attached hydrogen (secondary N) is 1. The zero-order valence-corrected chi connectivity index (χ0v) is 15.5. The number of fused-ring (bicyclic) bond motifs is 1. The predicted molar refractivity (Wildman–Crippen MR) is 102 cm³/mol. The Morgan fingerprint density at radius 1 is 1.15 bits per heavy atom. The van der Waals surface area contributed by atoms with E-state index in [2.05, 4.69) is 5.32 Å². The van der Waals surface area contributed by atoms with Gasteiger partial charge in [-0.05, 0) is 37.5 Å². The molecule has 1 heterocycles. The summed E-state index contributed by atoms with van der Waals surface area (Å²) in [5.41, 5.74) is 1.14. The van der Waals surface area contributed by atoms with Crippen molar-refractivity contribution in [2.75, 3.05) is 0 Å². The van der Waals surface area contributed by atoms with Gasteiger partial charge in [0.15, 0.2) is 0 Å². The van der Waals surface area contributed by atoms with E-state index in [1.165, 1.54) is 17.4 Å². The first-order valence-electron chi connectivity index (χ1n) is 8.78. The van der Waals surface area contributed by atoms with Crippen LogP contribution in [-0.4, -0.2) is 17.9 Å². The van der Waals surface area contributed by atoms with Gasteiger partial charge >= 0.3 is 5.97 Å². The molecule has 1 fully saturated rings. The lowest BCUT2D eigenvalue weighted by Gasteiger charge is -2.17. The molecule has 4 rings (SSSR count). The zero-order valence-electron chi connectivity index (χ0n) is 14.7. The Balaban J connectivity index is 1.64. The number of hydrogen-bond donors (Lipinski definition) is 1. The fourth-order valence-corrected chi connectivity index (χ4v) is 4.12. The highest BCUT2D eigenvalue weighted by molar-refractivity contribution is 7.21. The quantitative estimate of drug-likeness (QED) is 0.659. The van der Waals surface area contributed by atoms with Gasteiger partial charge in [-0.1, -0.05) is 36.4 Å². The molecule has 1 aliphatic carbocycles. The minimum Gasteiger partial charge on any atom is -0.443 e. The van der Waals surface area contributed by atoms with Crippen LogP contribution in [0.4, 0.5) is 4.39 Å². The number of carbonyl (C=O) groups excluding carboxylic acids is 2. The summed E-state index contributed by atoms with van der Waals surface area (Å²) in [5, 5.41) is 3.31. The van der Waals surface area contributed by atoms with E-state index in [0.717, 1.165) is 12.8 Å². The number of amides is 1. The second-order valence-corrected chi connectivity index (χ2v) is 7.70. The largest absolute Gasteiger partial charge is 0.443 e. The molecule has 0 unspecified atom stereocenters. The van der Waals surface area contributed by atoms with Crippen molar-refractivity contribution in [1.29, 1.82) is 0 Å². The molecule has 1 atom stereocenters. The van der Waals surface area contributed by atoms with Crippen LogP contribution >= 0.6 is 11.3 Å². The van der Waals surface area contributed by atoms with Crippen molar-refractivity contribution >= 4 is 33.3 Å². The number of esters is 1. The minimum atomic E-state index is -1.03. The monoisotopic (exact) mass is 383 g/mol. The summed E-state index contributed by atoms with van der Waals surface area (Å²) in [6.07, 6.45) is 0.847. The lowest BCUT2D eigenvalue weighted by atomic mass is 10.1. The number of carbonyl (C=O) groups is 2. The predicted octanol–water partition coefficient (Wildman–Crippen LogP) is 4.53. The summed E-state index contributed by atoms with van der Waals surface area (Å²) in [6.45, 7) is 1.69. The SMILES string of the molecule is Cc1c(C(=O)O[C@@H](C(=O)NC2CC2)c2ccccc2)sc2cccc(F)c12. The van der Waals surface area contributed by atoms with Crippen LogP contribution in [0.15, 0.2) is 48.5 Å². The van der Waals surface area contributed by atoms with E-state index in [1.54, 1.807) is 43.3 Å². The molecule has 0 radical (unpaired) electrons. The van der Waals surface area contributed by atoms with E-state index in [1.807, 2.05) is 6.07 Å². The molecule has 4 nitrogen and oxygen atoms in total. The highest BCUT2D eigenvalue weighted by atomic mass is 32.1. The molecule has 27 heavy (non-hydrogen) atoms. The van der Waals surface area contributed by atoms with Gasteiger partial charge in [0.2, 0.25) is 6.10 Å². The molecular formula is C21H18FNO3S. The topological polar surface area (TPSA) is 55.4 Å². The Bertz CT molecular complexity index is 1010. The van der Waals surface area contributed by atoms with Gasteiger partial charge in [-0.25, -0.2) is 9.18 Å². The fourth-order valence-electron chi connectivity index (χ4n) is 3.01. The standard InChI is InChI=1S/C21H18FNO3S/c1-12-17-15(22)8-5-9-16(17)27-19(12)21(25)26-18(13-6-3-2-4-7-13)20(24)23-14-10-11-14/h2-9,14,18H,10-11H2,1H3,(H,23,24)/t18-/m1/s1. The molecule has 1 aliphatic rings. The van der Waals surface area contributed by atoms with Gasteiger partial charge in [-0.15, -0.1) is 11.3 Å². The average Bonchev–Trinajstić information content (AvgIpc) is 3.41. The zero-order chi connectivity index (χ0) is 19.0. The van der Waals surface area contributed by atoms with Crippen molar-refractivity contribution in [2.24, 2.45) is 0 Å². The number of rotatable bonds is 5. The van der Waals surface area contributed by atoms with Crippen LogP contribution < -0.4 is 5.32 Å². The summed E-state index contributed by atoms with van der Waals surface area (Å²) < 4.78 is 20.4. The number of benzene rings is 2. The third kappa shape index (κ3) is 3.57. The first-order chi connectivity index (χ1) is 13.0. The molecule has 0 saturated heterocycles. The fraction of sp³-hybridized carbons (Fsp3) is 0.238. The number of ether oxygens (including phenoxy) is 1. The van der Waals surface area contributed by atoms with Crippen LogP contribution in [-0.2, 0) is 9.53 Å². The molecule has 2 aromatic carbocycles. The summed E-state index contributed by atoms with van der Waals surface area (Å²) in [7, 11) is 0. The maximum atomic E-state index is 14.1. The van der Waals surface area contributed by atoms with Crippen LogP contribution in [0.2, 0.25) is 0 Å². The lowest BCUT2D eigenvalue weighted by Crippen LogP contribution is -2.33. The first-order valence-corrected chi connectivity index (χ1v) is 9.60. The van der Waals surface area contributed by atoms with Gasteiger partial charge in [0, 0.05) is 21.7 Å². The van der Waals surface area contributed by atoms with Crippen molar-refractivity contribution in [1.82, 2.24) is 5.32 Å². The van der Waals surface area contributed by atoms with Gasteiger partial charge < -0.3 is 10.1 Å². The van der Waals surface area contributed by atoms with Crippen LogP contribution in [0.25, 0.3) is 10.1 Å². The van der Waals surface area contributed by atoms with E-state index >= 15 is 0 Å². The van der Waals surface area contributed by atoms with Gasteiger partial charge in [0.1, 0.15) is 10.7 Å². The van der Waals surface area contributed by atoms with E-state index in [-0.39, 0.29) is 17.8 Å². The van der Waals surface area contributed by atoms with Crippen LogP contribution in [0.3, 0.4) is 0 Å². The van der Waals surface area contributed by atoms with Gasteiger partial charge in [-0.3, -0.25) is 4.79 Å². The van der Waals surface area contributed by atoms with E-state index in [9.17, 15) is 14.0 Å². The van der Waals surface area contributed by atoms with Gasteiger partial charge in [-0.2, -0.15) is 0 Å². The van der Waals surface area contributed by atoms with Gasteiger partial charge in [0.25, 0.3) is 5.91 Å². The number of hydrogen-bond acceptors (Lipinski definition) is 4. The van der Waals surface area contributed by atoms with Crippen molar-refractivity contribution in [3.8, 4) is 0 Å². The van der Waals surface area contributed by atoms with Crippen molar-refractivity contribution in [3.05, 3.63) is 70.4 Å². The Labute approximate surface area is 160 Å². The highest BCUT2D eigenvalue weighted by Crippen LogP contribution is 2.34. The van der Waals surface area contributed by atoms with Crippen molar-refractivity contribution in [3.63, 3.8) is 0 Å². The summed E-state index contributed by atoms with van der Waals surface area (Å²) in [6, 6.07) is 13.8. The normalized spacial score (nSPS) is 14.7. The molecule has 1 N–H and O–H groups in total. The van der Waals surface area contributed by atoms with Crippen LogP contribution in [0.1, 0.15) is 39.7 Å². The first kappa shape index (κ1) is 17.7. The average molecular weight is 383 g/mol. The summed E-state index contributed by atoms with van der Waals surface area (Å²) in [5.74, 6) is -1.32. The molecule has 138 valence electrons. The molecule has 0 bridgehead atoms. The molecule has 1 amide bonds. The molecule has 1 saturated carbocycles. The number of thiophene rings is 1. The van der Waals surface area contributed by atoms with Crippen LogP contribution in [0.5, 0.6) is 0 Å². The molecular weight excluding hydrogens is 365 g/mol. The third-order valence-corrected chi connectivity index (χ3v) is 5.81. The Morgan fingerprint density at radius 3 is 2.56 bits per heavy atom. The van der Waals surface area contributed by atoms with E-state index in [4.69, 9.17) is 4.74 Å². The van der Waals surface area contributed by atoms with Crippen molar-refractivity contribution < 1.29 is 18.7 Å². The maximum Gasteiger partial charge on any atom is 0.349 e. The summed E-state index contributed by atoms with van der Waals surface area (Å²) >= 11 is 1.18. The lowest BCUT2D eigenvalue weighted by molar-refractivity contribution is -0.130. The number of halogens is 1. The van der Waals surface area contributed by atoms with Gasteiger partial charge in [0.05, 0.1) is 0 Å². The Hall–Kier alpha value is -2.73. The molecule has 1 aromatic heterocycles. The second-order valence-electron chi connectivity index (χ2n) is 6.65. The van der Waals surface area contributed by atoms with Crippen molar-refractivity contribution in [2.45, 2.75) is 31.9 Å². The maximum absolute atomic E-state index is 14.1. The van der Waals surface area contributed by atoms with Crippen LogP contribution in [0, 0.1) is 12.7 Å². The second kappa shape index (κ2) is 7.12.